The normalized spacial score (nSPS) is 15.6. The number of para-hydroxylation sites is 2. The highest BCUT2D eigenvalue weighted by atomic mass is 32.2. The summed E-state index contributed by atoms with van der Waals surface area (Å²) in [6, 6.07) is 74.0. The minimum Gasteiger partial charge on any atom is -0.310 e. The molecule has 0 bridgehead atoms. The monoisotopic (exact) mass is 752 g/mol. The molecule has 0 unspecified atom stereocenters. The van der Waals surface area contributed by atoms with Gasteiger partial charge in [0.2, 0.25) is 0 Å². The van der Waals surface area contributed by atoms with Gasteiger partial charge >= 0.3 is 0 Å². The summed E-state index contributed by atoms with van der Waals surface area (Å²) in [6.07, 6.45) is 0. The van der Waals surface area contributed by atoms with Crippen molar-refractivity contribution in [3.05, 3.63) is 205 Å². The Labute approximate surface area is 330 Å². The van der Waals surface area contributed by atoms with Gasteiger partial charge in [0, 0.05) is 20.9 Å². The van der Waals surface area contributed by atoms with Crippen LogP contribution in [0.1, 0.15) is 25.0 Å². The van der Waals surface area contributed by atoms with Gasteiger partial charge in [0.05, 0.1) is 11.4 Å². The zero-order chi connectivity index (χ0) is 36.7. The van der Waals surface area contributed by atoms with Crippen molar-refractivity contribution >= 4 is 82.0 Å². The number of hydrogen-bond acceptors (Lipinski definition) is 2. The maximum Gasteiger partial charge on any atom is 0.181 e. The lowest BCUT2D eigenvalue weighted by atomic mass is 9.73. The molecule has 3 aliphatic rings. The summed E-state index contributed by atoms with van der Waals surface area (Å²) in [5.41, 5.74) is 8.83. The van der Waals surface area contributed by atoms with E-state index in [1.54, 1.807) is 10.4 Å². The number of nitrogens with zero attached hydrogens (tertiary/aromatic N) is 1. The van der Waals surface area contributed by atoms with E-state index in [0.29, 0.717) is 0 Å². The molecular formula is C51H38NSSi2. The highest BCUT2D eigenvalue weighted by molar-refractivity contribution is 8.00. The first-order valence-electron chi connectivity index (χ1n) is 19.2. The number of anilines is 3. The molecular weight excluding hydrogens is 715 g/mol. The van der Waals surface area contributed by atoms with Gasteiger partial charge in [-0.3, -0.25) is 0 Å². The van der Waals surface area contributed by atoms with Gasteiger partial charge < -0.3 is 4.90 Å². The predicted molar refractivity (Wildman–Crippen MR) is 238 cm³/mol. The molecule has 11 rings (SSSR count). The number of fused-ring (bicyclic) bond motifs is 10. The molecule has 1 spiro atoms. The average molecular weight is 753 g/mol. The first-order valence-corrected chi connectivity index (χ1v) is 23.5. The van der Waals surface area contributed by atoms with Gasteiger partial charge in [0.25, 0.3) is 0 Å². The van der Waals surface area contributed by atoms with Crippen molar-refractivity contribution in [2.24, 2.45) is 0 Å². The maximum atomic E-state index is 2.61. The topological polar surface area (TPSA) is 3.24 Å². The molecule has 0 saturated heterocycles. The van der Waals surface area contributed by atoms with Crippen LogP contribution < -0.4 is 41.2 Å². The van der Waals surface area contributed by atoms with Gasteiger partial charge in [-0.1, -0.05) is 199 Å². The average Bonchev–Trinajstić information content (AvgIpc) is 3.24. The van der Waals surface area contributed by atoms with Gasteiger partial charge in [0.1, 0.15) is 0 Å². The Morgan fingerprint density at radius 2 is 0.964 bits per heavy atom. The van der Waals surface area contributed by atoms with Crippen molar-refractivity contribution in [1.29, 1.82) is 0 Å². The lowest BCUT2D eigenvalue weighted by Gasteiger charge is -2.46. The Morgan fingerprint density at radius 3 is 1.62 bits per heavy atom. The number of rotatable bonds is 3. The van der Waals surface area contributed by atoms with Crippen LogP contribution in [0.25, 0.3) is 11.1 Å². The molecule has 0 saturated carbocycles. The lowest BCUT2D eigenvalue weighted by Crippen LogP contribution is -2.87. The van der Waals surface area contributed by atoms with E-state index in [-0.39, 0.29) is 5.41 Å². The molecule has 261 valence electrons. The molecule has 8 aromatic rings. The molecule has 3 heterocycles. The highest BCUT2D eigenvalue weighted by Crippen LogP contribution is 2.51. The van der Waals surface area contributed by atoms with Crippen LogP contribution in [0.3, 0.4) is 0 Å². The Hall–Kier alpha value is -5.66. The summed E-state index contributed by atoms with van der Waals surface area (Å²) in [7, 11) is -4.01. The third-order valence-electron chi connectivity index (χ3n) is 12.3. The molecule has 3 aliphatic heterocycles. The fourth-order valence-electron chi connectivity index (χ4n) is 9.81. The molecule has 0 aromatic heterocycles. The van der Waals surface area contributed by atoms with Crippen LogP contribution in [0.4, 0.5) is 17.1 Å². The molecule has 1 nitrogen and oxygen atoms in total. The minimum atomic E-state index is -2.73. The van der Waals surface area contributed by atoms with Crippen LogP contribution >= 0.6 is 11.8 Å². The maximum absolute atomic E-state index is 2.73. The van der Waals surface area contributed by atoms with E-state index in [9.17, 15) is 0 Å². The molecule has 55 heavy (non-hydrogen) atoms. The largest absolute Gasteiger partial charge is 0.310 e. The Morgan fingerprint density at radius 1 is 0.455 bits per heavy atom. The molecule has 0 atom stereocenters. The van der Waals surface area contributed by atoms with Crippen LogP contribution in [-0.4, -0.2) is 16.9 Å². The quantitative estimate of drug-likeness (QED) is 0.168. The third-order valence-corrected chi connectivity index (χ3v) is 22.1. The summed E-state index contributed by atoms with van der Waals surface area (Å²) in [4.78, 5) is 5.24. The van der Waals surface area contributed by atoms with Crippen molar-refractivity contribution in [3.8, 4) is 11.1 Å². The summed E-state index contributed by atoms with van der Waals surface area (Å²) in [5.74, 6) is 0. The van der Waals surface area contributed by atoms with E-state index in [0.717, 1.165) is 0 Å². The first kappa shape index (κ1) is 32.7. The number of hydrogen-bond donors (Lipinski definition) is 0. The van der Waals surface area contributed by atoms with E-state index < -0.39 is 16.9 Å². The van der Waals surface area contributed by atoms with Crippen LogP contribution in [0.5, 0.6) is 0 Å². The Kier molecular flexibility index (Phi) is 7.40. The second kappa shape index (κ2) is 12.4. The van der Waals surface area contributed by atoms with E-state index in [4.69, 9.17) is 0 Å². The molecule has 8 aromatic carbocycles. The molecule has 0 amide bonds. The van der Waals surface area contributed by atoms with E-state index >= 15 is 0 Å². The van der Waals surface area contributed by atoms with Gasteiger partial charge in [0.15, 0.2) is 16.9 Å². The molecule has 0 aliphatic carbocycles. The zero-order valence-electron chi connectivity index (χ0n) is 30.8. The Balaban J connectivity index is 1.13. The standard InChI is InChI=1S/C51H38NSSi2/c1-51(2)39-18-6-8-20-41(39)52(42-21-9-7-19-40(42)51)37-31-28-35(29-32-37)36-30-33-46-50(34-36)55(47-25-13-10-22-43(47)53-44-23-11-14-26-48(44)55)49-27-15-12-24-45(49)54(46)38-16-4-3-5-17-38/h3-34H,1-2H3. The second-order valence-corrected chi connectivity index (χ2v) is 22.6. The van der Waals surface area contributed by atoms with Crippen LogP contribution in [0.15, 0.2) is 204 Å². The van der Waals surface area contributed by atoms with Gasteiger partial charge in [-0.05, 0) is 79.4 Å². The Bertz CT molecular complexity index is 2700. The van der Waals surface area contributed by atoms with E-state index in [1.807, 2.05) is 11.8 Å². The minimum absolute atomic E-state index is 0.0832. The third kappa shape index (κ3) is 4.72. The van der Waals surface area contributed by atoms with Crippen molar-refractivity contribution < 1.29 is 0 Å². The summed E-state index contributed by atoms with van der Waals surface area (Å²) in [5, 5.41) is 10.6. The number of benzene rings is 8. The van der Waals surface area contributed by atoms with Crippen molar-refractivity contribution in [2.45, 2.75) is 29.1 Å². The summed E-state index contributed by atoms with van der Waals surface area (Å²) in [6.45, 7) is 4.70. The van der Waals surface area contributed by atoms with Crippen molar-refractivity contribution in [2.75, 3.05) is 4.90 Å². The smallest absolute Gasteiger partial charge is 0.181 e. The summed E-state index contributed by atoms with van der Waals surface area (Å²) < 4.78 is 0. The van der Waals surface area contributed by atoms with Crippen molar-refractivity contribution in [1.82, 2.24) is 0 Å². The SMILES string of the molecule is CC1(C)c2ccccc2N(c2ccc(-c3ccc4c(c3)[Si]3(c5ccccc5Sc5ccccc53)c3ccccc3[Si]4c3ccccc3)cc2)c2ccccc21. The molecule has 4 heteroatoms. The van der Waals surface area contributed by atoms with Crippen LogP contribution in [0, 0.1) is 0 Å². The molecule has 0 N–H and O–H groups in total. The molecule has 0 fully saturated rings. The van der Waals surface area contributed by atoms with Crippen molar-refractivity contribution in [3.63, 3.8) is 0 Å². The fourth-order valence-corrected chi connectivity index (χ4v) is 21.5. The van der Waals surface area contributed by atoms with E-state index in [2.05, 4.69) is 213 Å². The summed E-state index contributed by atoms with van der Waals surface area (Å²) >= 11 is 1.94. The lowest BCUT2D eigenvalue weighted by molar-refractivity contribution is 0.632. The fraction of sp³-hybridized carbons (Fsp3) is 0.0588. The van der Waals surface area contributed by atoms with Gasteiger partial charge in [-0.25, -0.2) is 0 Å². The second-order valence-electron chi connectivity index (χ2n) is 15.4. The first-order chi connectivity index (χ1) is 27.0. The van der Waals surface area contributed by atoms with Gasteiger partial charge in [-0.2, -0.15) is 0 Å². The highest BCUT2D eigenvalue weighted by Gasteiger charge is 2.53. The van der Waals surface area contributed by atoms with Gasteiger partial charge in [-0.15, -0.1) is 0 Å². The van der Waals surface area contributed by atoms with E-state index in [1.165, 1.54) is 75.0 Å². The van der Waals surface area contributed by atoms with Crippen LogP contribution in [0.2, 0.25) is 0 Å². The predicted octanol–water partition coefficient (Wildman–Crippen LogP) is 8.13. The van der Waals surface area contributed by atoms with Crippen LogP contribution in [-0.2, 0) is 5.41 Å². The molecule has 1 radical (unpaired) electrons. The zero-order valence-corrected chi connectivity index (χ0v) is 33.6.